The van der Waals surface area contributed by atoms with E-state index in [1.165, 1.54) is 13.3 Å². The second kappa shape index (κ2) is 5.26. The van der Waals surface area contributed by atoms with Crippen molar-refractivity contribution in [1.82, 2.24) is 9.99 Å². The smallest absolute Gasteiger partial charge is 0.354 e. The van der Waals surface area contributed by atoms with Crippen LogP contribution in [0, 0.1) is 0 Å². The van der Waals surface area contributed by atoms with Crippen molar-refractivity contribution in [2.24, 2.45) is 17.9 Å². The van der Waals surface area contributed by atoms with Crippen LogP contribution >= 0.6 is 12.2 Å². The highest BCUT2D eigenvalue weighted by atomic mass is 32.1. The SMILES string of the molecule is COC(=O)c1cc(/C=N/NC(N)=S)cn1C. The van der Waals surface area contributed by atoms with Crippen molar-refractivity contribution in [3.63, 3.8) is 0 Å². The Morgan fingerprint density at radius 2 is 2.44 bits per heavy atom. The first-order valence-corrected chi connectivity index (χ1v) is 4.78. The molecule has 86 valence electrons. The summed E-state index contributed by atoms with van der Waals surface area (Å²) in [6, 6.07) is 1.65. The molecule has 0 atom stereocenters. The molecular weight excluding hydrogens is 228 g/mol. The molecule has 7 heteroatoms. The monoisotopic (exact) mass is 240 g/mol. The van der Waals surface area contributed by atoms with E-state index in [4.69, 9.17) is 5.73 Å². The Kier molecular flexibility index (Phi) is 4.01. The van der Waals surface area contributed by atoms with E-state index in [2.05, 4.69) is 27.5 Å². The maximum Gasteiger partial charge on any atom is 0.354 e. The van der Waals surface area contributed by atoms with Crippen LogP contribution in [0.25, 0.3) is 0 Å². The third-order valence-corrected chi connectivity index (χ3v) is 1.90. The van der Waals surface area contributed by atoms with Crippen LogP contribution in [-0.4, -0.2) is 29.0 Å². The standard InChI is InChI=1S/C9H12N4O2S/c1-13-5-6(4-11-12-9(10)16)3-7(13)8(14)15-2/h3-5H,1-2H3,(H3,10,12,16)/b11-4+. The number of carbonyl (C=O) groups is 1. The summed E-state index contributed by atoms with van der Waals surface area (Å²) in [6.45, 7) is 0. The average Bonchev–Trinajstić information content (AvgIpc) is 2.58. The first-order valence-electron chi connectivity index (χ1n) is 4.37. The zero-order valence-corrected chi connectivity index (χ0v) is 9.75. The fraction of sp³-hybridized carbons (Fsp3) is 0.222. The highest BCUT2D eigenvalue weighted by Crippen LogP contribution is 2.06. The number of nitrogens with zero attached hydrogens (tertiary/aromatic N) is 2. The number of methoxy groups -OCH3 is 1. The normalized spacial score (nSPS) is 10.4. The van der Waals surface area contributed by atoms with Crippen molar-refractivity contribution >= 4 is 29.5 Å². The minimum Gasteiger partial charge on any atom is -0.464 e. The molecule has 0 amide bonds. The van der Waals surface area contributed by atoms with Gasteiger partial charge in [-0.25, -0.2) is 4.79 Å². The van der Waals surface area contributed by atoms with Gasteiger partial charge in [0.1, 0.15) is 5.69 Å². The molecule has 16 heavy (non-hydrogen) atoms. The molecule has 0 aliphatic heterocycles. The predicted octanol–water partition coefficient (Wildman–Crippen LogP) is -0.0212. The van der Waals surface area contributed by atoms with Gasteiger partial charge in [0.05, 0.1) is 13.3 Å². The third kappa shape index (κ3) is 3.06. The molecule has 0 bridgehead atoms. The number of rotatable bonds is 3. The maximum absolute atomic E-state index is 11.3. The highest BCUT2D eigenvalue weighted by molar-refractivity contribution is 7.80. The van der Waals surface area contributed by atoms with Gasteiger partial charge in [-0.3, -0.25) is 5.43 Å². The van der Waals surface area contributed by atoms with Crippen LogP contribution in [0.4, 0.5) is 0 Å². The maximum atomic E-state index is 11.3. The van der Waals surface area contributed by atoms with Crippen molar-refractivity contribution in [2.75, 3.05) is 7.11 Å². The molecule has 0 aromatic carbocycles. The molecule has 0 radical (unpaired) electrons. The van der Waals surface area contributed by atoms with Gasteiger partial charge in [0.25, 0.3) is 0 Å². The number of hydrogen-bond donors (Lipinski definition) is 2. The quantitative estimate of drug-likeness (QED) is 0.336. The molecule has 0 aliphatic carbocycles. The minimum absolute atomic E-state index is 0.0837. The fourth-order valence-corrected chi connectivity index (χ4v) is 1.19. The van der Waals surface area contributed by atoms with Crippen molar-refractivity contribution < 1.29 is 9.53 Å². The van der Waals surface area contributed by atoms with Crippen molar-refractivity contribution in [1.29, 1.82) is 0 Å². The van der Waals surface area contributed by atoms with Crippen LogP contribution in [0.1, 0.15) is 16.1 Å². The number of ether oxygens (including phenoxy) is 1. The second-order valence-electron chi connectivity index (χ2n) is 3.00. The Morgan fingerprint density at radius 1 is 1.75 bits per heavy atom. The van der Waals surface area contributed by atoms with Crippen LogP contribution < -0.4 is 11.2 Å². The van der Waals surface area contributed by atoms with E-state index in [0.717, 1.165) is 5.56 Å². The van der Waals surface area contributed by atoms with E-state index in [0.29, 0.717) is 5.69 Å². The number of hydrogen-bond acceptors (Lipinski definition) is 4. The number of aromatic nitrogens is 1. The molecule has 1 aromatic rings. The molecule has 3 N–H and O–H groups in total. The van der Waals surface area contributed by atoms with E-state index in [-0.39, 0.29) is 5.11 Å². The number of aryl methyl sites for hydroxylation is 1. The molecule has 0 saturated carbocycles. The fourth-order valence-electron chi connectivity index (χ4n) is 1.14. The van der Waals surface area contributed by atoms with Crippen LogP contribution in [-0.2, 0) is 11.8 Å². The van der Waals surface area contributed by atoms with Crippen LogP contribution in [0.5, 0.6) is 0 Å². The van der Waals surface area contributed by atoms with E-state index in [1.807, 2.05) is 0 Å². The van der Waals surface area contributed by atoms with Crippen LogP contribution in [0.3, 0.4) is 0 Å². The van der Waals surface area contributed by atoms with Crippen LogP contribution in [0.15, 0.2) is 17.4 Å². The lowest BCUT2D eigenvalue weighted by Gasteiger charge is -1.98. The number of esters is 1. The largest absolute Gasteiger partial charge is 0.464 e. The van der Waals surface area contributed by atoms with Gasteiger partial charge in [0.15, 0.2) is 5.11 Å². The third-order valence-electron chi connectivity index (χ3n) is 1.81. The topological polar surface area (TPSA) is 81.6 Å². The molecule has 1 aromatic heterocycles. The Labute approximate surface area is 98.1 Å². The number of thiocarbonyl (C=S) groups is 1. The van der Waals surface area contributed by atoms with E-state index >= 15 is 0 Å². The first-order chi connectivity index (χ1) is 7.54. The summed E-state index contributed by atoms with van der Waals surface area (Å²) in [6.07, 6.45) is 3.24. The van der Waals surface area contributed by atoms with Gasteiger partial charge in [-0.2, -0.15) is 5.10 Å². The van der Waals surface area contributed by atoms with Gasteiger partial charge < -0.3 is 15.0 Å². The summed E-state index contributed by atoms with van der Waals surface area (Å²) >= 11 is 4.58. The predicted molar refractivity (Wildman–Crippen MR) is 64.3 cm³/mol. The lowest BCUT2D eigenvalue weighted by atomic mass is 10.3. The Hall–Kier alpha value is -1.89. The molecule has 0 fully saturated rings. The Balaban J connectivity index is 2.80. The summed E-state index contributed by atoms with van der Waals surface area (Å²) in [4.78, 5) is 11.3. The molecule has 0 spiro atoms. The zero-order chi connectivity index (χ0) is 12.1. The molecule has 0 unspecified atom stereocenters. The molecule has 0 aliphatic rings. The van der Waals surface area contributed by atoms with Gasteiger partial charge in [0, 0.05) is 18.8 Å². The van der Waals surface area contributed by atoms with Crippen molar-refractivity contribution in [3.8, 4) is 0 Å². The molecular formula is C9H12N4O2S. The molecule has 1 rings (SSSR count). The number of nitrogens with two attached hydrogens (primary N) is 1. The average molecular weight is 240 g/mol. The summed E-state index contributed by atoms with van der Waals surface area (Å²) in [5.74, 6) is -0.399. The zero-order valence-electron chi connectivity index (χ0n) is 8.93. The summed E-state index contributed by atoms with van der Waals surface area (Å²) < 4.78 is 6.26. The first kappa shape index (κ1) is 12.2. The molecule has 6 nitrogen and oxygen atoms in total. The van der Waals surface area contributed by atoms with Gasteiger partial charge in [-0.1, -0.05) is 0 Å². The van der Waals surface area contributed by atoms with E-state index in [1.54, 1.807) is 23.9 Å². The number of nitrogens with one attached hydrogen (secondary N) is 1. The summed E-state index contributed by atoms with van der Waals surface area (Å²) in [5.41, 5.74) is 8.79. The second-order valence-corrected chi connectivity index (χ2v) is 3.44. The van der Waals surface area contributed by atoms with Gasteiger partial charge in [0.2, 0.25) is 0 Å². The number of hydrazone groups is 1. The Bertz CT molecular complexity index is 439. The van der Waals surface area contributed by atoms with Gasteiger partial charge >= 0.3 is 5.97 Å². The summed E-state index contributed by atoms with van der Waals surface area (Å²) in [5, 5.41) is 3.86. The summed E-state index contributed by atoms with van der Waals surface area (Å²) in [7, 11) is 3.07. The Morgan fingerprint density at radius 3 is 3.00 bits per heavy atom. The van der Waals surface area contributed by atoms with Crippen molar-refractivity contribution in [3.05, 3.63) is 23.5 Å². The van der Waals surface area contributed by atoms with Crippen molar-refractivity contribution in [2.45, 2.75) is 0 Å². The number of carbonyl (C=O) groups excluding carboxylic acids is 1. The van der Waals surface area contributed by atoms with Crippen LogP contribution in [0.2, 0.25) is 0 Å². The van der Waals surface area contributed by atoms with E-state index in [9.17, 15) is 4.79 Å². The lowest BCUT2D eigenvalue weighted by Crippen LogP contribution is -2.23. The minimum atomic E-state index is -0.399. The van der Waals surface area contributed by atoms with Gasteiger partial charge in [-0.05, 0) is 18.3 Å². The highest BCUT2D eigenvalue weighted by Gasteiger charge is 2.10. The van der Waals surface area contributed by atoms with Gasteiger partial charge in [-0.15, -0.1) is 0 Å². The molecule has 1 heterocycles. The molecule has 0 saturated heterocycles. The van der Waals surface area contributed by atoms with E-state index < -0.39 is 5.97 Å². The lowest BCUT2D eigenvalue weighted by molar-refractivity contribution is 0.0590.